The summed E-state index contributed by atoms with van der Waals surface area (Å²) in [6, 6.07) is 2.30. The van der Waals surface area contributed by atoms with E-state index in [0.717, 1.165) is 12.1 Å². The van der Waals surface area contributed by atoms with Crippen molar-refractivity contribution in [1.82, 2.24) is 9.78 Å². The largest absolute Gasteiger partial charge is 0.390 e. The zero-order valence-electron chi connectivity index (χ0n) is 11.5. The summed E-state index contributed by atoms with van der Waals surface area (Å²) in [6.07, 6.45) is 2.71. The highest BCUT2D eigenvalue weighted by molar-refractivity contribution is 5.03. The first-order chi connectivity index (χ1) is 7.92. The highest BCUT2D eigenvalue weighted by Crippen LogP contribution is 2.22. The van der Waals surface area contributed by atoms with E-state index in [0.29, 0.717) is 12.5 Å². The molecule has 0 spiro atoms. The van der Waals surface area contributed by atoms with Gasteiger partial charge in [-0.25, -0.2) is 0 Å². The normalized spacial score (nSPS) is 17.1. The van der Waals surface area contributed by atoms with E-state index in [1.54, 1.807) is 7.11 Å². The molecule has 1 heterocycles. The van der Waals surface area contributed by atoms with Gasteiger partial charge in [-0.15, -0.1) is 0 Å². The number of aliphatic hydroxyl groups is 1. The topological polar surface area (TPSA) is 47.3 Å². The maximum absolute atomic E-state index is 10.2. The van der Waals surface area contributed by atoms with Gasteiger partial charge in [0, 0.05) is 25.8 Å². The van der Waals surface area contributed by atoms with Crippen LogP contribution in [0.4, 0.5) is 0 Å². The van der Waals surface area contributed by atoms with Crippen molar-refractivity contribution < 1.29 is 9.84 Å². The molecule has 0 saturated heterocycles. The van der Waals surface area contributed by atoms with Crippen LogP contribution < -0.4 is 0 Å². The summed E-state index contributed by atoms with van der Waals surface area (Å²) in [6.45, 7) is 8.10. The van der Waals surface area contributed by atoms with Gasteiger partial charge in [0.1, 0.15) is 0 Å². The molecule has 0 amide bonds. The summed E-state index contributed by atoms with van der Waals surface area (Å²) < 4.78 is 7.29. The molecular formula is C13H24N2O2. The van der Waals surface area contributed by atoms with E-state index in [1.807, 2.05) is 30.8 Å². The second-order valence-corrected chi connectivity index (χ2v) is 4.97. The van der Waals surface area contributed by atoms with Gasteiger partial charge in [0.15, 0.2) is 0 Å². The molecule has 1 rings (SSSR count). The molecule has 1 aromatic rings. The van der Waals surface area contributed by atoms with Gasteiger partial charge in [-0.1, -0.05) is 6.92 Å². The Morgan fingerprint density at radius 3 is 2.59 bits per heavy atom. The van der Waals surface area contributed by atoms with E-state index in [2.05, 4.69) is 18.9 Å². The van der Waals surface area contributed by atoms with E-state index in [4.69, 9.17) is 4.74 Å². The number of rotatable bonds is 6. The fourth-order valence-corrected chi connectivity index (χ4v) is 1.70. The van der Waals surface area contributed by atoms with Crippen molar-refractivity contribution >= 4 is 0 Å². The van der Waals surface area contributed by atoms with Crippen molar-refractivity contribution in [3.8, 4) is 0 Å². The van der Waals surface area contributed by atoms with Crippen LogP contribution in [0, 0.1) is 0 Å². The van der Waals surface area contributed by atoms with Crippen molar-refractivity contribution in [2.45, 2.75) is 58.3 Å². The zero-order valence-corrected chi connectivity index (χ0v) is 11.5. The molecule has 0 aliphatic heterocycles. The first-order valence-electron chi connectivity index (χ1n) is 6.20. The predicted molar refractivity (Wildman–Crippen MR) is 68.0 cm³/mol. The molecule has 98 valence electrons. The zero-order chi connectivity index (χ0) is 13.1. The van der Waals surface area contributed by atoms with Gasteiger partial charge in [-0.2, -0.15) is 5.10 Å². The van der Waals surface area contributed by atoms with E-state index in [1.165, 1.54) is 0 Å². The van der Waals surface area contributed by atoms with E-state index < -0.39 is 11.7 Å². The first-order valence-corrected chi connectivity index (χ1v) is 6.20. The lowest BCUT2D eigenvalue weighted by atomic mass is 9.92. The smallest absolute Gasteiger partial charge is 0.0909 e. The molecule has 0 bridgehead atoms. The van der Waals surface area contributed by atoms with Crippen LogP contribution >= 0.6 is 0 Å². The lowest BCUT2D eigenvalue weighted by Gasteiger charge is -2.31. The van der Waals surface area contributed by atoms with E-state index in [-0.39, 0.29) is 0 Å². The molecule has 0 radical (unpaired) electrons. The Bertz CT molecular complexity index is 343. The molecule has 1 aromatic heterocycles. The minimum absolute atomic E-state index is 0.348. The van der Waals surface area contributed by atoms with Crippen molar-refractivity contribution in [3.63, 3.8) is 0 Å². The summed E-state index contributed by atoms with van der Waals surface area (Å²) in [5.74, 6) is 0. The number of ether oxygens (including phenoxy) is 1. The molecule has 0 fully saturated rings. The summed E-state index contributed by atoms with van der Waals surface area (Å²) in [4.78, 5) is 0. The van der Waals surface area contributed by atoms with Gasteiger partial charge < -0.3 is 9.84 Å². The maximum Gasteiger partial charge on any atom is 0.0909 e. The average Bonchev–Trinajstić information content (AvgIpc) is 2.76. The molecule has 2 atom stereocenters. The highest BCUT2D eigenvalue weighted by Gasteiger charge is 2.31. The second kappa shape index (κ2) is 5.65. The van der Waals surface area contributed by atoms with Gasteiger partial charge in [0.05, 0.1) is 17.4 Å². The van der Waals surface area contributed by atoms with Crippen molar-refractivity contribution in [1.29, 1.82) is 0 Å². The van der Waals surface area contributed by atoms with Gasteiger partial charge in [0.2, 0.25) is 0 Å². The van der Waals surface area contributed by atoms with Crippen LogP contribution in [0.1, 0.15) is 45.9 Å². The molecule has 0 aliphatic rings. The molecule has 0 saturated carbocycles. The summed E-state index contributed by atoms with van der Waals surface area (Å²) >= 11 is 0. The van der Waals surface area contributed by atoms with E-state index in [9.17, 15) is 5.11 Å². The molecule has 0 aromatic carbocycles. The third-order valence-electron chi connectivity index (χ3n) is 3.47. The quantitative estimate of drug-likeness (QED) is 0.829. The van der Waals surface area contributed by atoms with Gasteiger partial charge >= 0.3 is 0 Å². The Balaban J connectivity index is 2.70. The van der Waals surface area contributed by atoms with Crippen LogP contribution in [0.25, 0.3) is 0 Å². The highest BCUT2D eigenvalue weighted by atomic mass is 16.5. The number of aromatic nitrogens is 2. The summed E-state index contributed by atoms with van der Waals surface area (Å²) in [5.41, 5.74) is 0.407. The molecule has 2 unspecified atom stereocenters. The van der Waals surface area contributed by atoms with Crippen molar-refractivity contribution in [2.24, 2.45) is 0 Å². The van der Waals surface area contributed by atoms with Crippen LogP contribution in [0.2, 0.25) is 0 Å². The monoisotopic (exact) mass is 240 g/mol. The Morgan fingerprint density at radius 2 is 2.18 bits per heavy atom. The van der Waals surface area contributed by atoms with Crippen molar-refractivity contribution in [3.05, 3.63) is 18.0 Å². The molecular weight excluding hydrogens is 216 g/mol. The van der Waals surface area contributed by atoms with E-state index >= 15 is 0 Å². The molecule has 17 heavy (non-hydrogen) atoms. The second-order valence-electron chi connectivity index (χ2n) is 4.97. The maximum atomic E-state index is 10.2. The third-order valence-corrected chi connectivity index (χ3v) is 3.47. The van der Waals surface area contributed by atoms with Crippen LogP contribution in [0.3, 0.4) is 0 Å². The molecule has 4 nitrogen and oxygen atoms in total. The number of methoxy groups -OCH3 is 1. The fraction of sp³-hybridized carbons (Fsp3) is 0.769. The minimum atomic E-state index is -0.534. The number of aliphatic hydroxyl groups excluding tert-OH is 1. The molecule has 4 heteroatoms. The standard InChI is InChI=1S/C13H24N2O2/c1-6-13(4,17-5)12(16)9-11-7-8-15(14-11)10(2)3/h7-8,10,12,16H,6,9H2,1-5H3. The molecule has 0 aliphatic carbocycles. The Hall–Kier alpha value is -0.870. The summed E-state index contributed by atoms with van der Waals surface area (Å²) in [7, 11) is 1.64. The Labute approximate surface area is 104 Å². The third kappa shape index (κ3) is 3.30. The number of hydrogen-bond acceptors (Lipinski definition) is 3. The van der Waals surface area contributed by atoms with Gasteiger partial charge in [-0.3, -0.25) is 4.68 Å². The molecule has 1 N–H and O–H groups in total. The fourth-order valence-electron chi connectivity index (χ4n) is 1.70. The van der Waals surface area contributed by atoms with Crippen LogP contribution in [0.5, 0.6) is 0 Å². The number of hydrogen-bond donors (Lipinski definition) is 1. The minimum Gasteiger partial charge on any atom is -0.390 e. The number of nitrogens with zero attached hydrogens (tertiary/aromatic N) is 2. The first kappa shape index (κ1) is 14.2. The Kier molecular flexibility index (Phi) is 4.71. The average molecular weight is 240 g/mol. The predicted octanol–water partition coefficient (Wildman–Crippen LogP) is 2.18. The van der Waals surface area contributed by atoms with Crippen molar-refractivity contribution in [2.75, 3.05) is 7.11 Å². The lowest BCUT2D eigenvalue weighted by molar-refractivity contribution is -0.0917. The van der Waals surface area contributed by atoms with Crippen LogP contribution in [0.15, 0.2) is 12.3 Å². The van der Waals surface area contributed by atoms with Crippen LogP contribution in [-0.4, -0.2) is 33.7 Å². The SMILES string of the molecule is CCC(C)(OC)C(O)Cc1ccn(C(C)C)n1. The van der Waals surface area contributed by atoms with Gasteiger partial charge in [-0.05, 0) is 33.3 Å². The lowest BCUT2D eigenvalue weighted by Crippen LogP contribution is -2.42. The van der Waals surface area contributed by atoms with Gasteiger partial charge in [0.25, 0.3) is 0 Å². The van der Waals surface area contributed by atoms with Crippen LogP contribution in [-0.2, 0) is 11.2 Å². The Morgan fingerprint density at radius 1 is 1.53 bits per heavy atom. The summed E-state index contributed by atoms with van der Waals surface area (Å²) in [5, 5.41) is 14.6.